The third-order valence-corrected chi connectivity index (χ3v) is 3.45. The van der Waals surface area contributed by atoms with Crippen LogP contribution < -0.4 is 5.32 Å². The molecule has 0 aliphatic carbocycles. The van der Waals surface area contributed by atoms with Crippen molar-refractivity contribution in [3.05, 3.63) is 35.6 Å². The van der Waals surface area contributed by atoms with Gasteiger partial charge in [0.15, 0.2) is 0 Å². The Kier molecular flexibility index (Phi) is 4.50. The molecule has 1 amide bonds. The lowest BCUT2D eigenvalue weighted by molar-refractivity contribution is -0.135. The van der Waals surface area contributed by atoms with Crippen LogP contribution >= 0.6 is 0 Å². The molecule has 104 valence electrons. The van der Waals surface area contributed by atoms with Crippen LogP contribution in [-0.4, -0.2) is 44.2 Å². The maximum absolute atomic E-state index is 13.1. The normalized spacial score (nSPS) is 22.5. The highest BCUT2D eigenvalue weighted by Crippen LogP contribution is 2.17. The van der Waals surface area contributed by atoms with E-state index < -0.39 is 0 Å². The first kappa shape index (κ1) is 14.0. The van der Waals surface area contributed by atoms with Crippen molar-refractivity contribution in [2.45, 2.75) is 12.6 Å². The largest absolute Gasteiger partial charge is 0.379 e. The van der Waals surface area contributed by atoms with Crippen LogP contribution in [0.5, 0.6) is 0 Å². The Bertz CT molecular complexity index is 453. The molecule has 1 aliphatic heterocycles. The number of ether oxygens (including phenoxy) is 1. The Morgan fingerprint density at radius 1 is 1.53 bits per heavy atom. The highest BCUT2D eigenvalue weighted by Gasteiger charge is 2.34. The van der Waals surface area contributed by atoms with Gasteiger partial charge in [-0.3, -0.25) is 4.79 Å². The fraction of sp³-hybridized carbons (Fsp3) is 0.500. The van der Waals surface area contributed by atoms with E-state index in [-0.39, 0.29) is 23.7 Å². The predicted octanol–water partition coefficient (Wildman–Crippen LogP) is 1.02. The Balaban J connectivity index is 1.99. The van der Waals surface area contributed by atoms with Crippen molar-refractivity contribution >= 4 is 5.91 Å². The van der Waals surface area contributed by atoms with Gasteiger partial charge in [0, 0.05) is 19.6 Å². The zero-order chi connectivity index (χ0) is 13.8. The van der Waals surface area contributed by atoms with Crippen molar-refractivity contribution in [3.8, 4) is 0 Å². The molecule has 4 nitrogen and oxygen atoms in total. The minimum Gasteiger partial charge on any atom is -0.379 e. The summed E-state index contributed by atoms with van der Waals surface area (Å²) in [4.78, 5) is 13.9. The number of likely N-dealkylation sites (N-methyl/N-ethyl adjacent to an activating group) is 1. The summed E-state index contributed by atoms with van der Waals surface area (Å²) in [6.45, 7) is 1.40. The second kappa shape index (κ2) is 6.12. The van der Waals surface area contributed by atoms with E-state index in [0.29, 0.717) is 19.8 Å². The summed E-state index contributed by atoms with van der Waals surface area (Å²) in [6, 6.07) is 6.37. The van der Waals surface area contributed by atoms with Gasteiger partial charge in [0.05, 0.1) is 19.1 Å². The van der Waals surface area contributed by atoms with Crippen molar-refractivity contribution in [1.82, 2.24) is 10.2 Å². The molecule has 2 unspecified atom stereocenters. The molecular formula is C14H19FN2O2. The molecule has 1 aromatic rings. The van der Waals surface area contributed by atoms with Crippen LogP contribution in [0, 0.1) is 11.7 Å². The molecule has 1 aromatic carbocycles. The van der Waals surface area contributed by atoms with Crippen molar-refractivity contribution in [3.63, 3.8) is 0 Å². The third-order valence-electron chi connectivity index (χ3n) is 3.45. The minimum atomic E-state index is -0.282. The number of hydrogen-bond donors (Lipinski definition) is 1. The van der Waals surface area contributed by atoms with Crippen LogP contribution in [-0.2, 0) is 16.1 Å². The Morgan fingerprint density at radius 3 is 3.00 bits per heavy atom. The average Bonchev–Trinajstić information content (AvgIpc) is 2.86. The smallest absolute Gasteiger partial charge is 0.229 e. The van der Waals surface area contributed by atoms with Crippen molar-refractivity contribution < 1.29 is 13.9 Å². The van der Waals surface area contributed by atoms with E-state index in [9.17, 15) is 9.18 Å². The Hall–Kier alpha value is -1.46. The molecule has 0 radical (unpaired) electrons. The zero-order valence-electron chi connectivity index (χ0n) is 11.2. The van der Waals surface area contributed by atoms with Crippen LogP contribution in [0.3, 0.4) is 0 Å². The number of carbonyl (C=O) groups excluding carboxylic acids is 1. The lowest BCUT2D eigenvalue weighted by Gasteiger charge is -2.23. The van der Waals surface area contributed by atoms with E-state index in [0.717, 1.165) is 5.56 Å². The number of hydrogen-bond acceptors (Lipinski definition) is 3. The molecule has 2 atom stereocenters. The Labute approximate surface area is 112 Å². The quantitative estimate of drug-likeness (QED) is 0.884. The lowest BCUT2D eigenvalue weighted by atomic mass is 10.0. The van der Waals surface area contributed by atoms with Crippen LogP contribution in [0.2, 0.25) is 0 Å². The summed E-state index contributed by atoms with van der Waals surface area (Å²) in [5.74, 6) is -0.416. The van der Waals surface area contributed by atoms with E-state index in [2.05, 4.69) is 5.32 Å². The number of nitrogens with zero attached hydrogens (tertiary/aromatic N) is 1. The number of nitrogens with one attached hydrogen (secondary N) is 1. The van der Waals surface area contributed by atoms with Crippen molar-refractivity contribution in [1.29, 1.82) is 0 Å². The van der Waals surface area contributed by atoms with Crippen LogP contribution in [0.4, 0.5) is 4.39 Å². The first-order valence-electron chi connectivity index (χ1n) is 6.36. The SMILES string of the molecule is CNC1COCC1C(=O)N(C)Cc1cccc(F)c1. The molecule has 1 aliphatic rings. The molecule has 0 aromatic heterocycles. The maximum Gasteiger partial charge on any atom is 0.229 e. The molecule has 0 saturated carbocycles. The van der Waals surface area contributed by atoms with Crippen LogP contribution in [0.15, 0.2) is 24.3 Å². The van der Waals surface area contributed by atoms with E-state index in [1.54, 1.807) is 18.0 Å². The molecular weight excluding hydrogens is 247 g/mol. The first-order valence-corrected chi connectivity index (χ1v) is 6.36. The Morgan fingerprint density at radius 2 is 2.32 bits per heavy atom. The summed E-state index contributed by atoms with van der Waals surface area (Å²) in [7, 11) is 3.56. The molecule has 1 fully saturated rings. The molecule has 0 bridgehead atoms. The predicted molar refractivity (Wildman–Crippen MR) is 70.0 cm³/mol. The molecule has 5 heteroatoms. The maximum atomic E-state index is 13.1. The third kappa shape index (κ3) is 3.30. The minimum absolute atomic E-state index is 0.0288. The van der Waals surface area contributed by atoms with Gasteiger partial charge in [0.25, 0.3) is 0 Å². The highest BCUT2D eigenvalue weighted by atomic mass is 19.1. The van der Waals surface area contributed by atoms with Crippen LogP contribution in [0.1, 0.15) is 5.56 Å². The van der Waals surface area contributed by atoms with E-state index in [1.165, 1.54) is 12.1 Å². The topological polar surface area (TPSA) is 41.6 Å². The number of carbonyl (C=O) groups is 1. The lowest BCUT2D eigenvalue weighted by Crippen LogP contribution is -2.43. The molecule has 1 heterocycles. The summed E-state index contributed by atoms with van der Waals surface area (Å²) in [5.41, 5.74) is 0.788. The monoisotopic (exact) mass is 266 g/mol. The molecule has 1 saturated heterocycles. The summed E-state index contributed by atoms with van der Waals surface area (Å²) in [6.07, 6.45) is 0. The summed E-state index contributed by atoms with van der Waals surface area (Å²) < 4.78 is 18.4. The molecule has 0 spiro atoms. The van der Waals surface area contributed by atoms with Gasteiger partial charge in [0.1, 0.15) is 5.82 Å². The van der Waals surface area contributed by atoms with Gasteiger partial charge in [-0.25, -0.2) is 4.39 Å². The number of halogens is 1. The summed E-state index contributed by atoms with van der Waals surface area (Å²) >= 11 is 0. The van der Waals surface area contributed by atoms with Gasteiger partial charge < -0.3 is 15.0 Å². The van der Waals surface area contributed by atoms with Gasteiger partial charge in [-0.15, -0.1) is 0 Å². The second-order valence-electron chi connectivity index (χ2n) is 4.86. The van der Waals surface area contributed by atoms with E-state index >= 15 is 0 Å². The highest BCUT2D eigenvalue weighted by molar-refractivity contribution is 5.79. The van der Waals surface area contributed by atoms with Crippen molar-refractivity contribution in [2.75, 3.05) is 27.3 Å². The van der Waals surface area contributed by atoms with Gasteiger partial charge in [-0.1, -0.05) is 12.1 Å². The van der Waals surface area contributed by atoms with E-state index in [1.807, 2.05) is 13.1 Å². The van der Waals surface area contributed by atoms with E-state index in [4.69, 9.17) is 4.74 Å². The van der Waals surface area contributed by atoms with Gasteiger partial charge in [0.2, 0.25) is 5.91 Å². The second-order valence-corrected chi connectivity index (χ2v) is 4.86. The van der Waals surface area contributed by atoms with Crippen molar-refractivity contribution in [2.24, 2.45) is 5.92 Å². The molecule has 1 N–H and O–H groups in total. The fourth-order valence-corrected chi connectivity index (χ4v) is 2.35. The molecule has 2 rings (SSSR count). The van der Waals surface area contributed by atoms with Gasteiger partial charge in [-0.2, -0.15) is 0 Å². The van der Waals surface area contributed by atoms with Gasteiger partial charge in [-0.05, 0) is 24.7 Å². The molecule has 19 heavy (non-hydrogen) atoms. The number of rotatable bonds is 4. The average molecular weight is 266 g/mol. The zero-order valence-corrected chi connectivity index (χ0v) is 11.2. The fourth-order valence-electron chi connectivity index (χ4n) is 2.35. The number of amides is 1. The van der Waals surface area contributed by atoms with Gasteiger partial charge >= 0.3 is 0 Å². The first-order chi connectivity index (χ1) is 9.11. The number of benzene rings is 1. The summed E-state index contributed by atoms with van der Waals surface area (Å²) in [5, 5.41) is 3.09. The van der Waals surface area contributed by atoms with Crippen LogP contribution in [0.25, 0.3) is 0 Å². The standard InChI is InChI=1S/C14H19FN2O2/c1-16-13-9-19-8-12(13)14(18)17(2)7-10-4-3-5-11(15)6-10/h3-6,12-13,16H,7-9H2,1-2H3.